The molecule has 1 aliphatic rings. The molecule has 0 fully saturated rings. The first-order chi connectivity index (χ1) is 12.3. The van der Waals surface area contributed by atoms with Gasteiger partial charge in [0.25, 0.3) is 0 Å². The van der Waals surface area contributed by atoms with Crippen LogP contribution in [0.25, 0.3) is 0 Å². The fourth-order valence-electron chi connectivity index (χ4n) is 1.96. The molecule has 7 nitrogen and oxygen atoms in total. The largest absolute Gasteiger partial charge is 0.444 e. The van der Waals surface area contributed by atoms with Crippen molar-refractivity contribution >= 4 is 18.3 Å². The van der Waals surface area contributed by atoms with E-state index in [0.717, 1.165) is 16.7 Å². The molecule has 0 atom stereocenters. The van der Waals surface area contributed by atoms with E-state index in [1.54, 1.807) is 0 Å². The monoisotopic (exact) mass is 363 g/mol. The minimum atomic E-state index is -0.508. The van der Waals surface area contributed by atoms with Crippen molar-refractivity contribution in [3.63, 3.8) is 0 Å². The molecule has 7 heteroatoms. The summed E-state index contributed by atoms with van der Waals surface area (Å²) < 4.78 is 5.22. The van der Waals surface area contributed by atoms with Crippen molar-refractivity contribution < 1.29 is 9.53 Å². The molecule has 1 aliphatic heterocycles. The third kappa shape index (κ3) is 9.05. The van der Waals surface area contributed by atoms with Gasteiger partial charge in [0, 0.05) is 12.1 Å². The lowest BCUT2D eigenvalue weighted by Crippen LogP contribution is -2.32. The molecule has 0 unspecified atom stereocenters. The lowest BCUT2D eigenvalue weighted by molar-refractivity contribution is 0.0523. The zero-order valence-corrected chi connectivity index (χ0v) is 17.2. The highest BCUT2D eigenvalue weighted by atomic mass is 16.6. The number of ether oxygens (including phenoxy) is 1. The molecule has 2 rings (SSSR count). The van der Waals surface area contributed by atoms with Crippen LogP contribution in [0.1, 0.15) is 65.2 Å². The van der Waals surface area contributed by atoms with Gasteiger partial charge in [-0.1, -0.05) is 39.3 Å². The number of alkyl carbamates (subject to hydrolysis) is 1. The number of hydrogen-bond acceptors (Lipinski definition) is 6. The fraction of sp³-hybridized carbons (Fsp3) is 0.526. The van der Waals surface area contributed by atoms with Gasteiger partial charge in [0.2, 0.25) is 0 Å². The van der Waals surface area contributed by atoms with Crippen molar-refractivity contribution in [1.29, 1.82) is 0 Å². The number of carbonyl (C=O) groups is 1. The Morgan fingerprint density at radius 3 is 2.35 bits per heavy atom. The number of rotatable bonds is 3. The number of carbonyl (C=O) groups excluding carboxylic acids is 1. The van der Waals surface area contributed by atoms with Gasteiger partial charge in [0.1, 0.15) is 11.9 Å². The molecule has 0 radical (unpaired) electrons. The second kappa shape index (κ2) is 11.9. The molecule has 0 saturated carbocycles. The second-order valence-corrected chi connectivity index (χ2v) is 6.02. The van der Waals surface area contributed by atoms with Crippen LogP contribution < -0.4 is 16.2 Å². The smallest absolute Gasteiger partial charge is 0.407 e. The molecule has 0 spiro atoms. The SMILES string of the molecule is CC.CC.Cc1cc(CNC(=O)OC(C)(C)C)cc(C2=NNC=NN2)c1. The quantitative estimate of drug-likeness (QED) is 0.761. The van der Waals surface area contributed by atoms with Crippen molar-refractivity contribution in [2.24, 2.45) is 10.2 Å². The van der Waals surface area contributed by atoms with Gasteiger partial charge in [-0.05, 0) is 45.4 Å². The van der Waals surface area contributed by atoms with Gasteiger partial charge in [-0.25, -0.2) is 4.79 Å². The van der Waals surface area contributed by atoms with E-state index in [9.17, 15) is 4.79 Å². The Kier molecular flexibility index (Phi) is 10.7. The topological polar surface area (TPSA) is 87.1 Å². The Morgan fingerprint density at radius 1 is 1.15 bits per heavy atom. The maximum atomic E-state index is 11.7. The van der Waals surface area contributed by atoms with Gasteiger partial charge < -0.3 is 10.1 Å². The molecular formula is C19H33N5O2. The maximum absolute atomic E-state index is 11.7. The summed E-state index contributed by atoms with van der Waals surface area (Å²) in [6.45, 7) is 15.9. The minimum Gasteiger partial charge on any atom is -0.444 e. The lowest BCUT2D eigenvalue weighted by atomic mass is 10.1. The van der Waals surface area contributed by atoms with Crippen molar-refractivity contribution in [1.82, 2.24) is 16.2 Å². The van der Waals surface area contributed by atoms with Crippen LogP contribution in [0.15, 0.2) is 28.4 Å². The van der Waals surface area contributed by atoms with Gasteiger partial charge in [-0.15, -0.1) is 0 Å². The first-order valence-corrected chi connectivity index (χ1v) is 9.02. The van der Waals surface area contributed by atoms with Crippen LogP contribution in [-0.2, 0) is 11.3 Å². The van der Waals surface area contributed by atoms with Gasteiger partial charge in [-0.2, -0.15) is 10.2 Å². The number of amidine groups is 1. The first-order valence-electron chi connectivity index (χ1n) is 9.02. The van der Waals surface area contributed by atoms with E-state index < -0.39 is 11.7 Å². The van der Waals surface area contributed by atoms with E-state index in [1.807, 2.05) is 73.6 Å². The van der Waals surface area contributed by atoms with Crippen molar-refractivity contribution in [3.8, 4) is 0 Å². The molecule has 0 bridgehead atoms. The van der Waals surface area contributed by atoms with E-state index >= 15 is 0 Å². The van der Waals surface area contributed by atoms with E-state index in [0.29, 0.717) is 12.4 Å². The van der Waals surface area contributed by atoms with E-state index in [4.69, 9.17) is 4.74 Å². The van der Waals surface area contributed by atoms with Crippen molar-refractivity contribution in [2.45, 2.75) is 67.5 Å². The summed E-state index contributed by atoms with van der Waals surface area (Å²) >= 11 is 0. The number of aryl methyl sites for hydroxylation is 1. The minimum absolute atomic E-state index is 0.383. The highest BCUT2D eigenvalue weighted by Gasteiger charge is 2.16. The van der Waals surface area contributed by atoms with Gasteiger partial charge in [-0.3, -0.25) is 10.9 Å². The molecule has 146 valence electrons. The summed E-state index contributed by atoms with van der Waals surface area (Å²) in [4.78, 5) is 11.7. The average Bonchev–Trinajstić information content (AvgIpc) is 2.62. The Labute approximate surface area is 157 Å². The van der Waals surface area contributed by atoms with Crippen LogP contribution in [0, 0.1) is 6.92 Å². The highest BCUT2D eigenvalue weighted by Crippen LogP contribution is 2.12. The second-order valence-electron chi connectivity index (χ2n) is 6.02. The summed E-state index contributed by atoms with van der Waals surface area (Å²) in [5.41, 5.74) is 7.93. The van der Waals surface area contributed by atoms with Gasteiger partial charge in [0.05, 0.1) is 0 Å². The predicted molar refractivity (Wildman–Crippen MR) is 108 cm³/mol. The molecule has 26 heavy (non-hydrogen) atoms. The Morgan fingerprint density at radius 2 is 1.81 bits per heavy atom. The van der Waals surface area contributed by atoms with Crippen molar-refractivity contribution in [3.05, 3.63) is 34.9 Å². The lowest BCUT2D eigenvalue weighted by Gasteiger charge is -2.20. The first kappa shape index (κ1) is 23.4. The average molecular weight is 364 g/mol. The fourth-order valence-corrected chi connectivity index (χ4v) is 1.96. The van der Waals surface area contributed by atoms with Crippen LogP contribution >= 0.6 is 0 Å². The van der Waals surface area contributed by atoms with Crippen LogP contribution in [0.5, 0.6) is 0 Å². The molecule has 0 aromatic heterocycles. The van der Waals surface area contributed by atoms with Gasteiger partial charge >= 0.3 is 6.09 Å². The summed E-state index contributed by atoms with van der Waals surface area (Å²) in [7, 11) is 0. The molecule has 1 aromatic rings. The maximum Gasteiger partial charge on any atom is 0.407 e. The number of hydrogen-bond donors (Lipinski definition) is 3. The molecular weight excluding hydrogens is 330 g/mol. The summed E-state index contributed by atoms with van der Waals surface area (Å²) in [5, 5.41) is 10.8. The van der Waals surface area contributed by atoms with Crippen LogP contribution in [-0.4, -0.2) is 23.9 Å². The Balaban J connectivity index is 0.00000146. The number of amides is 1. The summed E-state index contributed by atoms with van der Waals surface area (Å²) in [6.07, 6.45) is 1.03. The normalized spacial score (nSPS) is 12.1. The number of nitrogens with one attached hydrogen (secondary N) is 3. The Hall–Kier alpha value is -2.57. The summed E-state index contributed by atoms with van der Waals surface area (Å²) in [5.74, 6) is 0.629. The van der Waals surface area contributed by atoms with Crippen LogP contribution in [0.3, 0.4) is 0 Å². The molecule has 0 saturated heterocycles. The van der Waals surface area contributed by atoms with Crippen LogP contribution in [0.2, 0.25) is 0 Å². The zero-order valence-electron chi connectivity index (χ0n) is 17.2. The van der Waals surface area contributed by atoms with E-state index in [1.165, 1.54) is 6.34 Å². The predicted octanol–water partition coefficient (Wildman–Crippen LogP) is 3.87. The standard InChI is InChI=1S/C15H21N5O2.2C2H6/c1-10-5-11(8-16-14(21)22-15(2,3)4)7-12(6-10)13-19-17-9-18-20-13;2*1-2/h5-7,9H,8H2,1-4H3,(H,16,21)(H,17,18)(H,19,20);2*1-2H3. The third-order valence-electron chi connectivity index (χ3n) is 2.72. The number of hydrazone groups is 2. The molecule has 0 aliphatic carbocycles. The molecule has 1 heterocycles. The number of nitrogens with zero attached hydrogens (tertiary/aromatic N) is 2. The molecule has 3 N–H and O–H groups in total. The number of benzene rings is 1. The highest BCUT2D eigenvalue weighted by molar-refractivity contribution is 6.00. The van der Waals surface area contributed by atoms with Crippen molar-refractivity contribution in [2.75, 3.05) is 0 Å². The Bertz CT molecular complexity index is 619. The third-order valence-corrected chi connectivity index (χ3v) is 2.72. The molecule has 1 amide bonds. The zero-order chi connectivity index (χ0) is 20.2. The molecule has 1 aromatic carbocycles. The van der Waals surface area contributed by atoms with Crippen LogP contribution in [0.4, 0.5) is 4.79 Å². The van der Waals surface area contributed by atoms with E-state index in [-0.39, 0.29) is 0 Å². The summed E-state index contributed by atoms with van der Waals surface area (Å²) in [6, 6.07) is 5.94. The van der Waals surface area contributed by atoms with Gasteiger partial charge in [0.15, 0.2) is 5.84 Å². The van der Waals surface area contributed by atoms with E-state index in [2.05, 4.69) is 26.4 Å².